The average Bonchev–Trinajstić information content (AvgIpc) is 2.46. The number of nitrogens with one attached hydrogen (secondary N) is 1. The Morgan fingerprint density at radius 3 is 2.45 bits per heavy atom. The number of fused-ring (bicyclic) bond motifs is 1. The van der Waals surface area contributed by atoms with Gasteiger partial charge < -0.3 is 15.1 Å². The van der Waals surface area contributed by atoms with Crippen LogP contribution < -0.4 is 10.2 Å². The van der Waals surface area contributed by atoms with Crippen molar-refractivity contribution in [1.82, 2.24) is 9.88 Å². The second-order valence-corrected chi connectivity index (χ2v) is 7.27. The number of nitrogens with zero attached hydrogens (tertiary/aromatic N) is 3. The number of piperazine rings is 1. The maximum Gasteiger partial charge on any atom is 0.0724 e. The molecule has 0 amide bonds. The fourth-order valence-electron chi connectivity index (χ4n) is 2.86. The van der Waals surface area contributed by atoms with E-state index in [0.29, 0.717) is 0 Å². The van der Waals surface area contributed by atoms with E-state index < -0.39 is 0 Å². The predicted octanol–water partition coefficient (Wildman–Crippen LogP) is 3.20. The van der Waals surface area contributed by atoms with E-state index in [4.69, 9.17) is 0 Å². The van der Waals surface area contributed by atoms with Crippen molar-refractivity contribution in [3.63, 3.8) is 0 Å². The molecule has 1 aromatic carbocycles. The number of anilines is 2. The Kier molecular flexibility index (Phi) is 3.96. The molecule has 0 radical (unpaired) electrons. The lowest BCUT2D eigenvalue weighted by molar-refractivity contribution is 0.313. The van der Waals surface area contributed by atoms with Gasteiger partial charge in [-0.05, 0) is 46.0 Å². The molecule has 0 bridgehead atoms. The van der Waals surface area contributed by atoms with E-state index in [1.807, 2.05) is 6.20 Å². The number of likely N-dealkylation sites (N-methyl/N-ethyl adjacent to an activating group) is 1. The Morgan fingerprint density at radius 1 is 1.05 bits per heavy atom. The van der Waals surface area contributed by atoms with Gasteiger partial charge in [-0.25, -0.2) is 0 Å². The Bertz CT molecular complexity index is 652. The third-order valence-electron chi connectivity index (χ3n) is 4.06. The highest BCUT2D eigenvalue weighted by Gasteiger charge is 2.15. The summed E-state index contributed by atoms with van der Waals surface area (Å²) in [7, 11) is 2.18. The smallest absolute Gasteiger partial charge is 0.0724 e. The Morgan fingerprint density at radius 2 is 1.77 bits per heavy atom. The monoisotopic (exact) mass is 298 g/mol. The second-order valence-electron chi connectivity index (χ2n) is 7.27. The Hall–Kier alpha value is -1.81. The molecule has 0 aliphatic carbocycles. The van der Waals surface area contributed by atoms with Crippen molar-refractivity contribution in [3.05, 3.63) is 30.5 Å². The minimum Gasteiger partial charge on any atom is -0.380 e. The summed E-state index contributed by atoms with van der Waals surface area (Å²) in [6.07, 6.45) is 2.01. The lowest BCUT2D eigenvalue weighted by Crippen LogP contribution is -2.44. The third-order valence-corrected chi connectivity index (χ3v) is 4.06. The number of benzene rings is 1. The SMILES string of the molecule is CN1CCN(c2cnc3cc(NC(C)(C)C)ccc3c2)CC1. The highest BCUT2D eigenvalue weighted by molar-refractivity contribution is 5.85. The van der Waals surface area contributed by atoms with Crippen LogP contribution in [0.25, 0.3) is 10.9 Å². The first-order valence-electron chi connectivity index (χ1n) is 8.02. The van der Waals surface area contributed by atoms with Crippen LogP contribution in [0.4, 0.5) is 11.4 Å². The van der Waals surface area contributed by atoms with Crippen molar-refractivity contribution in [2.24, 2.45) is 0 Å². The summed E-state index contributed by atoms with van der Waals surface area (Å²) in [5, 5.41) is 4.70. The van der Waals surface area contributed by atoms with Gasteiger partial charge in [0.15, 0.2) is 0 Å². The third kappa shape index (κ3) is 3.50. The Labute approximate surface area is 133 Å². The molecule has 2 heterocycles. The second kappa shape index (κ2) is 5.76. The first-order valence-corrected chi connectivity index (χ1v) is 8.02. The summed E-state index contributed by atoms with van der Waals surface area (Å²) in [6.45, 7) is 10.9. The van der Waals surface area contributed by atoms with Crippen molar-refractivity contribution in [3.8, 4) is 0 Å². The first kappa shape index (κ1) is 15.1. The molecule has 0 unspecified atom stereocenters. The topological polar surface area (TPSA) is 31.4 Å². The molecule has 1 saturated heterocycles. The lowest BCUT2D eigenvalue weighted by atomic mass is 10.1. The fraction of sp³-hybridized carbons (Fsp3) is 0.500. The molecule has 0 spiro atoms. The molecule has 0 atom stereocenters. The molecule has 3 rings (SSSR count). The van der Waals surface area contributed by atoms with Gasteiger partial charge in [-0.15, -0.1) is 0 Å². The number of hydrogen-bond donors (Lipinski definition) is 1. The first-order chi connectivity index (χ1) is 10.4. The van der Waals surface area contributed by atoms with Crippen LogP contribution in [-0.4, -0.2) is 48.6 Å². The number of hydrogen-bond acceptors (Lipinski definition) is 4. The molecular weight excluding hydrogens is 272 g/mol. The molecule has 22 heavy (non-hydrogen) atoms. The fourth-order valence-corrected chi connectivity index (χ4v) is 2.86. The molecule has 1 aromatic heterocycles. The van der Waals surface area contributed by atoms with E-state index in [1.165, 1.54) is 11.1 Å². The zero-order valence-electron chi connectivity index (χ0n) is 14.1. The van der Waals surface area contributed by atoms with Gasteiger partial charge in [-0.1, -0.05) is 6.07 Å². The van der Waals surface area contributed by atoms with Crippen molar-refractivity contribution >= 4 is 22.3 Å². The number of aromatic nitrogens is 1. The Balaban J connectivity index is 1.83. The van der Waals surface area contributed by atoms with E-state index in [0.717, 1.165) is 37.4 Å². The summed E-state index contributed by atoms with van der Waals surface area (Å²) in [6, 6.07) is 8.70. The summed E-state index contributed by atoms with van der Waals surface area (Å²) < 4.78 is 0. The van der Waals surface area contributed by atoms with E-state index in [1.54, 1.807) is 0 Å². The number of rotatable bonds is 2. The summed E-state index contributed by atoms with van der Waals surface area (Å²) >= 11 is 0. The highest BCUT2D eigenvalue weighted by Crippen LogP contribution is 2.24. The maximum atomic E-state index is 4.67. The van der Waals surface area contributed by atoms with Gasteiger partial charge in [0, 0.05) is 42.8 Å². The van der Waals surface area contributed by atoms with Crippen LogP contribution in [-0.2, 0) is 0 Å². The van der Waals surface area contributed by atoms with Crippen molar-refractivity contribution in [2.75, 3.05) is 43.4 Å². The summed E-state index contributed by atoms with van der Waals surface area (Å²) in [5.74, 6) is 0. The predicted molar refractivity (Wildman–Crippen MR) is 94.8 cm³/mol. The highest BCUT2D eigenvalue weighted by atomic mass is 15.2. The van der Waals surface area contributed by atoms with Gasteiger partial charge in [0.1, 0.15) is 0 Å². The zero-order chi connectivity index (χ0) is 15.7. The molecule has 4 heteroatoms. The summed E-state index contributed by atoms with van der Waals surface area (Å²) in [5.41, 5.74) is 3.47. The zero-order valence-corrected chi connectivity index (χ0v) is 14.1. The standard InChI is InChI=1S/C18H26N4/c1-18(2,3)20-15-6-5-14-11-16(13-19-17(14)12-15)22-9-7-21(4)8-10-22/h5-6,11-13,20H,7-10H2,1-4H3. The van der Waals surface area contributed by atoms with E-state index in [9.17, 15) is 0 Å². The van der Waals surface area contributed by atoms with Gasteiger partial charge in [0.25, 0.3) is 0 Å². The van der Waals surface area contributed by atoms with Crippen LogP contribution in [0.3, 0.4) is 0 Å². The molecule has 2 aromatic rings. The van der Waals surface area contributed by atoms with Crippen molar-refractivity contribution in [2.45, 2.75) is 26.3 Å². The molecule has 0 saturated carbocycles. The van der Waals surface area contributed by atoms with Crippen LogP contribution >= 0.6 is 0 Å². The molecule has 1 fully saturated rings. The molecule has 1 N–H and O–H groups in total. The van der Waals surface area contributed by atoms with Crippen LogP contribution in [0.2, 0.25) is 0 Å². The van der Waals surface area contributed by atoms with E-state index in [2.05, 4.69) is 72.2 Å². The van der Waals surface area contributed by atoms with Crippen LogP contribution in [0.5, 0.6) is 0 Å². The normalized spacial score (nSPS) is 17.0. The average molecular weight is 298 g/mol. The van der Waals surface area contributed by atoms with Gasteiger partial charge >= 0.3 is 0 Å². The van der Waals surface area contributed by atoms with Gasteiger partial charge in [-0.3, -0.25) is 4.98 Å². The van der Waals surface area contributed by atoms with Crippen LogP contribution in [0.1, 0.15) is 20.8 Å². The lowest BCUT2D eigenvalue weighted by Gasteiger charge is -2.33. The van der Waals surface area contributed by atoms with Crippen molar-refractivity contribution < 1.29 is 0 Å². The quantitative estimate of drug-likeness (QED) is 0.922. The molecule has 4 nitrogen and oxygen atoms in total. The molecule has 118 valence electrons. The molecule has 1 aliphatic rings. The van der Waals surface area contributed by atoms with Gasteiger partial charge in [-0.2, -0.15) is 0 Å². The van der Waals surface area contributed by atoms with Crippen LogP contribution in [0.15, 0.2) is 30.5 Å². The largest absolute Gasteiger partial charge is 0.380 e. The minimum absolute atomic E-state index is 0.0629. The van der Waals surface area contributed by atoms with Crippen LogP contribution in [0, 0.1) is 0 Å². The number of pyridine rings is 1. The van der Waals surface area contributed by atoms with Crippen molar-refractivity contribution in [1.29, 1.82) is 0 Å². The van der Waals surface area contributed by atoms with Gasteiger partial charge in [0.2, 0.25) is 0 Å². The van der Waals surface area contributed by atoms with Gasteiger partial charge in [0.05, 0.1) is 17.4 Å². The molecular formula is C18H26N4. The van der Waals surface area contributed by atoms with E-state index >= 15 is 0 Å². The minimum atomic E-state index is 0.0629. The van der Waals surface area contributed by atoms with E-state index in [-0.39, 0.29) is 5.54 Å². The summed E-state index contributed by atoms with van der Waals surface area (Å²) in [4.78, 5) is 9.47. The maximum absolute atomic E-state index is 4.67. The molecule has 1 aliphatic heterocycles.